The van der Waals surface area contributed by atoms with E-state index in [-0.39, 0.29) is 5.91 Å². The highest BCUT2D eigenvalue weighted by molar-refractivity contribution is 5.83. The monoisotopic (exact) mass is 416 g/mol. The van der Waals surface area contributed by atoms with E-state index in [0.717, 1.165) is 31.4 Å². The highest BCUT2D eigenvalue weighted by Gasteiger charge is 2.33. The van der Waals surface area contributed by atoms with Gasteiger partial charge in [-0.1, -0.05) is 36.4 Å². The maximum Gasteiger partial charge on any atom is 0.242 e. The van der Waals surface area contributed by atoms with Gasteiger partial charge in [0.15, 0.2) is 0 Å². The minimum atomic E-state index is 0.185. The lowest BCUT2D eigenvalue weighted by atomic mass is 10.1. The van der Waals surface area contributed by atoms with Crippen molar-refractivity contribution >= 4 is 22.5 Å². The lowest BCUT2D eigenvalue weighted by molar-refractivity contribution is -0.133. The number of fused-ring (bicyclic) bond motifs is 4. The number of hydrogen-bond donors (Lipinski definition) is 1. The van der Waals surface area contributed by atoms with Crippen LogP contribution in [0.4, 0.5) is 5.69 Å². The number of carbonyl (C=O) groups excluding carboxylic acids is 1. The second-order valence-corrected chi connectivity index (χ2v) is 9.15. The normalized spacial score (nSPS) is 22.1. The minimum Gasteiger partial charge on any atom is -0.384 e. The summed E-state index contributed by atoms with van der Waals surface area (Å²) >= 11 is 0. The van der Waals surface area contributed by atoms with E-state index in [1.807, 2.05) is 18.3 Å². The summed E-state index contributed by atoms with van der Waals surface area (Å²) in [6.07, 6.45) is 5.56. The second-order valence-electron chi connectivity index (χ2n) is 9.15. The predicted molar refractivity (Wildman–Crippen MR) is 126 cm³/mol. The molecule has 3 aromatic rings. The van der Waals surface area contributed by atoms with Gasteiger partial charge in [-0.2, -0.15) is 0 Å². The first-order valence-corrected chi connectivity index (χ1v) is 11.5. The average Bonchev–Trinajstić information content (AvgIpc) is 3.32. The number of likely N-dealkylation sites (N-methyl/N-ethyl adjacent to an activating group) is 1. The Morgan fingerprint density at radius 3 is 2.77 bits per heavy atom. The summed E-state index contributed by atoms with van der Waals surface area (Å²) in [5.41, 5.74) is 4.78. The standard InChI is InChI=1S/C26H32N4O/c1-19-6-5-8-21-16-30(17-23-11-10-22(28(23)2)12-14-27-26(19)21)25(31)18-29-15-13-20-7-3-4-9-24(20)29/h3-9,13,15,22-23,27H,10-12,14,16-18H2,1-2H3. The van der Waals surface area contributed by atoms with Crippen molar-refractivity contribution in [2.75, 3.05) is 25.5 Å². The van der Waals surface area contributed by atoms with E-state index in [1.54, 1.807) is 0 Å². The fourth-order valence-electron chi connectivity index (χ4n) is 5.37. The van der Waals surface area contributed by atoms with Crippen LogP contribution >= 0.6 is 0 Å². The van der Waals surface area contributed by atoms with Gasteiger partial charge in [0, 0.05) is 49.1 Å². The highest BCUT2D eigenvalue weighted by Crippen LogP contribution is 2.29. The van der Waals surface area contributed by atoms with Crippen molar-refractivity contribution in [3.8, 4) is 0 Å². The Kier molecular flexibility index (Phi) is 5.45. The molecule has 5 heteroatoms. The number of benzene rings is 2. The van der Waals surface area contributed by atoms with Gasteiger partial charge < -0.3 is 14.8 Å². The van der Waals surface area contributed by atoms with E-state index in [0.29, 0.717) is 25.2 Å². The van der Waals surface area contributed by atoms with Crippen molar-refractivity contribution in [3.05, 3.63) is 65.9 Å². The van der Waals surface area contributed by atoms with Gasteiger partial charge in [0.1, 0.15) is 6.54 Å². The topological polar surface area (TPSA) is 40.5 Å². The van der Waals surface area contributed by atoms with Gasteiger partial charge in [0.2, 0.25) is 5.91 Å². The lowest BCUT2D eigenvalue weighted by Gasteiger charge is -2.31. The Bertz CT molecular complexity index is 1090. The lowest BCUT2D eigenvalue weighted by Crippen LogP contribution is -2.44. The molecule has 0 radical (unpaired) electrons. The first kappa shape index (κ1) is 20.1. The molecule has 5 nitrogen and oxygen atoms in total. The number of amides is 1. The van der Waals surface area contributed by atoms with Crippen molar-refractivity contribution in [1.29, 1.82) is 0 Å². The van der Waals surface area contributed by atoms with Gasteiger partial charge in [-0.05, 0) is 61.9 Å². The van der Waals surface area contributed by atoms with Crippen LogP contribution < -0.4 is 5.32 Å². The first-order chi connectivity index (χ1) is 15.1. The smallest absolute Gasteiger partial charge is 0.242 e. The third-order valence-electron chi connectivity index (χ3n) is 7.25. The molecule has 2 aliphatic heterocycles. The summed E-state index contributed by atoms with van der Waals surface area (Å²) in [7, 11) is 2.24. The third-order valence-corrected chi connectivity index (χ3v) is 7.25. The fraction of sp³-hybridized carbons (Fsp3) is 0.423. The van der Waals surface area contributed by atoms with Crippen molar-refractivity contribution in [2.45, 2.75) is 51.4 Å². The van der Waals surface area contributed by atoms with Gasteiger partial charge in [-0.3, -0.25) is 9.69 Å². The summed E-state index contributed by atoms with van der Waals surface area (Å²) in [6, 6.07) is 17.8. The molecule has 1 aromatic heterocycles. The maximum atomic E-state index is 13.6. The Morgan fingerprint density at radius 2 is 1.87 bits per heavy atom. The molecule has 5 rings (SSSR count). The Balaban J connectivity index is 1.46. The molecule has 1 fully saturated rings. The number of nitrogens with zero attached hydrogens (tertiary/aromatic N) is 3. The minimum absolute atomic E-state index is 0.185. The van der Waals surface area contributed by atoms with Crippen LogP contribution in [-0.4, -0.2) is 52.5 Å². The van der Waals surface area contributed by atoms with Crippen molar-refractivity contribution in [2.24, 2.45) is 0 Å². The molecule has 2 unspecified atom stereocenters. The molecule has 162 valence electrons. The van der Waals surface area contributed by atoms with Crippen LogP contribution in [0.2, 0.25) is 0 Å². The molecule has 2 bridgehead atoms. The number of rotatable bonds is 2. The van der Waals surface area contributed by atoms with E-state index in [9.17, 15) is 4.79 Å². The van der Waals surface area contributed by atoms with Gasteiger partial charge in [-0.15, -0.1) is 0 Å². The molecule has 1 N–H and O–H groups in total. The molecule has 2 aliphatic rings. The second kappa shape index (κ2) is 8.39. The highest BCUT2D eigenvalue weighted by atomic mass is 16.2. The number of hydrogen-bond acceptors (Lipinski definition) is 3. The van der Waals surface area contributed by atoms with E-state index in [4.69, 9.17) is 0 Å². The zero-order valence-corrected chi connectivity index (χ0v) is 18.6. The molecule has 0 saturated carbocycles. The van der Waals surface area contributed by atoms with Crippen LogP contribution in [0.3, 0.4) is 0 Å². The molecule has 31 heavy (non-hydrogen) atoms. The predicted octanol–water partition coefficient (Wildman–Crippen LogP) is 4.26. The quantitative estimate of drug-likeness (QED) is 0.679. The number of aryl methyl sites for hydroxylation is 1. The van der Waals surface area contributed by atoms with Gasteiger partial charge in [0.25, 0.3) is 0 Å². The van der Waals surface area contributed by atoms with E-state index < -0.39 is 0 Å². The molecule has 0 aliphatic carbocycles. The molecule has 2 aromatic carbocycles. The number of aromatic nitrogens is 1. The van der Waals surface area contributed by atoms with Crippen LogP contribution in [0.1, 0.15) is 30.4 Å². The molecule has 1 saturated heterocycles. The molecular formula is C26H32N4O. The summed E-state index contributed by atoms with van der Waals surface area (Å²) in [6.45, 7) is 4.95. The van der Waals surface area contributed by atoms with Crippen molar-refractivity contribution in [3.63, 3.8) is 0 Å². The fourth-order valence-corrected chi connectivity index (χ4v) is 5.37. The molecule has 0 spiro atoms. The molecule has 3 heterocycles. The summed E-state index contributed by atoms with van der Waals surface area (Å²) in [4.78, 5) is 18.2. The van der Waals surface area contributed by atoms with E-state index in [1.165, 1.54) is 28.6 Å². The number of nitrogens with one attached hydrogen (secondary N) is 1. The Morgan fingerprint density at radius 1 is 1.03 bits per heavy atom. The Labute approximate surface area is 184 Å². The summed E-state index contributed by atoms with van der Waals surface area (Å²) in [5, 5.41) is 4.87. The van der Waals surface area contributed by atoms with Crippen molar-refractivity contribution in [1.82, 2.24) is 14.4 Å². The van der Waals surface area contributed by atoms with Gasteiger partial charge in [-0.25, -0.2) is 0 Å². The average molecular weight is 417 g/mol. The number of anilines is 1. The van der Waals surface area contributed by atoms with Crippen LogP contribution in [0.5, 0.6) is 0 Å². The van der Waals surface area contributed by atoms with Crippen molar-refractivity contribution < 1.29 is 4.79 Å². The van der Waals surface area contributed by atoms with Crippen LogP contribution in [0.25, 0.3) is 10.9 Å². The summed E-state index contributed by atoms with van der Waals surface area (Å²) < 4.78 is 2.08. The van der Waals surface area contributed by atoms with E-state index in [2.05, 4.69) is 70.1 Å². The van der Waals surface area contributed by atoms with Gasteiger partial charge >= 0.3 is 0 Å². The number of carbonyl (C=O) groups is 1. The molecule has 1 amide bonds. The maximum absolute atomic E-state index is 13.6. The van der Waals surface area contributed by atoms with Crippen LogP contribution in [-0.2, 0) is 17.9 Å². The summed E-state index contributed by atoms with van der Waals surface area (Å²) in [5.74, 6) is 0.185. The van der Waals surface area contributed by atoms with Crippen LogP contribution in [0, 0.1) is 6.92 Å². The molecular weight excluding hydrogens is 384 g/mol. The zero-order valence-electron chi connectivity index (χ0n) is 18.6. The SMILES string of the molecule is Cc1cccc2c1NCCC1CCC(CN(C(=O)Cn3ccc4ccccc43)C2)N1C. The van der Waals surface area contributed by atoms with E-state index >= 15 is 0 Å². The molecule has 2 atom stereocenters. The first-order valence-electron chi connectivity index (χ1n) is 11.5. The zero-order chi connectivity index (χ0) is 21.4. The van der Waals surface area contributed by atoms with Crippen LogP contribution in [0.15, 0.2) is 54.7 Å². The Hall–Kier alpha value is -2.79. The number of para-hydroxylation sites is 2. The van der Waals surface area contributed by atoms with Gasteiger partial charge in [0.05, 0.1) is 0 Å². The third kappa shape index (κ3) is 3.94. The largest absolute Gasteiger partial charge is 0.384 e.